The fourth-order valence-corrected chi connectivity index (χ4v) is 3.22. The number of fused-ring (bicyclic) bond motifs is 1. The number of H-pyrrole nitrogens is 2. The van der Waals surface area contributed by atoms with Crippen LogP contribution in [0, 0.1) is 13.8 Å². The molecule has 6 heteroatoms. The number of nitrogens with one attached hydrogen (secondary N) is 2. The predicted molar refractivity (Wildman–Crippen MR) is 82.7 cm³/mol. The molecule has 1 aliphatic heterocycles. The molecular formula is C16H21N5O. The van der Waals surface area contributed by atoms with Crippen LogP contribution in [0.25, 0.3) is 0 Å². The fourth-order valence-electron chi connectivity index (χ4n) is 3.22. The second-order valence-electron chi connectivity index (χ2n) is 6.52. The average Bonchev–Trinajstić information content (AvgIpc) is 3.30. The van der Waals surface area contributed by atoms with Gasteiger partial charge in [0.1, 0.15) is 5.82 Å². The maximum absolute atomic E-state index is 12.4. The first-order valence-electron chi connectivity index (χ1n) is 7.96. The molecule has 3 heterocycles. The first-order valence-corrected chi connectivity index (χ1v) is 7.96. The molecular weight excluding hydrogens is 278 g/mol. The van der Waals surface area contributed by atoms with Crippen LogP contribution >= 0.6 is 0 Å². The van der Waals surface area contributed by atoms with E-state index in [0.29, 0.717) is 12.5 Å². The lowest BCUT2D eigenvalue weighted by Gasteiger charge is -2.27. The van der Waals surface area contributed by atoms with Crippen LogP contribution in [-0.2, 0) is 19.5 Å². The molecule has 0 amide bonds. The summed E-state index contributed by atoms with van der Waals surface area (Å²) in [7, 11) is 0. The molecule has 1 aliphatic carbocycles. The lowest BCUT2D eigenvalue weighted by Crippen LogP contribution is -2.36. The molecule has 0 aromatic carbocycles. The number of hydrogen-bond acceptors (Lipinski definition) is 4. The van der Waals surface area contributed by atoms with E-state index in [4.69, 9.17) is 4.98 Å². The monoisotopic (exact) mass is 299 g/mol. The fraction of sp³-hybridized carbons (Fsp3) is 0.562. The Labute approximate surface area is 129 Å². The summed E-state index contributed by atoms with van der Waals surface area (Å²) in [6.45, 7) is 6.51. The van der Waals surface area contributed by atoms with E-state index in [-0.39, 0.29) is 5.56 Å². The second-order valence-corrected chi connectivity index (χ2v) is 6.52. The van der Waals surface area contributed by atoms with Gasteiger partial charge < -0.3 is 4.98 Å². The highest BCUT2D eigenvalue weighted by atomic mass is 16.1. The number of aryl methyl sites for hydroxylation is 2. The number of hydrogen-bond donors (Lipinski definition) is 2. The van der Waals surface area contributed by atoms with E-state index in [9.17, 15) is 4.79 Å². The van der Waals surface area contributed by atoms with Crippen LogP contribution < -0.4 is 5.56 Å². The minimum absolute atomic E-state index is 0.0530. The van der Waals surface area contributed by atoms with Crippen LogP contribution in [0.1, 0.15) is 52.8 Å². The SMILES string of the molecule is Cc1n[nH]c(C)c1CN1CCc2nc(C3CC3)[nH]c(=O)c2C1. The zero-order chi connectivity index (χ0) is 15.3. The number of aromatic nitrogens is 4. The van der Waals surface area contributed by atoms with E-state index < -0.39 is 0 Å². The van der Waals surface area contributed by atoms with Crippen molar-refractivity contribution in [3.63, 3.8) is 0 Å². The molecule has 4 rings (SSSR count). The van der Waals surface area contributed by atoms with Gasteiger partial charge in [-0.3, -0.25) is 14.8 Å². The molecule has 0 bridgehead atoms. The van der Waals surface area contributed by atoms with Crippen molar-refractivity contribution in [3.05, 3.63) is 44.4 Å². The molecule has 0 saturated heterocycles. The van der Waals surface area contributed by atoms with Crippen molar-refractivity contribution < 1.29 is 0 Å². The average molecular weight is 299 g/mol. The molecule has 1 fully saturated rings. The Kier molecular flexibility index (Phi) is 3.14. The highest BCUT2D eigenvalue weighted by Gasteiger charge is 2.29. The van der Waals surface area contributed by atoms with Crippen molar-refractivity contribution in [1.82, 2.24) is 25.1 Å². The van der Waals surface area contributed by atoms with Gasteiger partial charge in [0.25, 0.3) is 5.56 Å². The van der Waals surface area contributed by atoms with E-state index in [1.807, 2.05) is 13.8 Å². The quantitative estimate of drug-likeness (QED) is 0.901. The third kappa shape index (κ3) is 2.37. The Bertz CT molecular complexity index is 752. The van der Waals surface area contributed by atoms with Gasteiger partial charge in [0.2, 0.25) is 0 Å². The first kappa shape index (κ1) is 13.7. The van der Waals surface area contributed by atoms with Gasteiger partial charge in [0.15, 0.2) is 0 Å². The van der Waals surface area contributed by atoms with Crippen LogP contribution in [0.3, 0.4) is 0 Å². The van der Waals surface area contributed by atoms with E-state index in [1.165, 1.54) is 5.56 Å². The molecule has 116 valence electrons. The van der Waals surface area contributed by atoms with Crippen LogP contribution in [0.2, 0.25) is 0 Å². The van der Waals surface area contributed by atoms with Gasteiger partial charge in [-0.15, -0.1) is 0 Å². The van der Waals surface area contributed by atoms with Gasteiger partial charge in [-0.1, -0.05) is 0 Å². The molecule has 2 aromatic heterocycles. The zero-order valence-corrected chi connectivity index (χ0v) is 13.1. The summed E-state index contributed by atoms with van der Waals surface area (Å²) >= 11 is 0. The van der Waals surface area contributed by atoms with Gasteiger partial charge in [0, 0.05) is 43.2 Å². The molecule has 0 radical (unpaired) electrons. The second kappa shape index (κ2) is 5.05. The maximum Gasteiger partial charge on any atom is 0.255 e. The summed E-state index contributed by atoms with van der Waals surface area (Å²) in [6.07, 6.45) is 3.18. The van der Waals surface area contributed by atoms with E-state index in [1.54, 1.807) is 0 Å². The van der Waals surface area contributed by atoms with E-state index in [0.717, 1.165) is 60.8 Å². The highest BCUT2D eigenvalue weighted by molar-refractivity contribution is 5.26. The van der Waals surface area contributed by atoms with Crippen molar-refractivity contribution in [3.8, 4) is 0 Å². The van der Waals surface area contributed by atoms with Crippen molar-refractivity contribution in [2.45, 2.75) is 52.1 Å². The van der Waals surface area contributed by atoms with Gasteiger partial charge in [0.05, 0.1) is 17.0 Å². The molecule has 2 N–H and O–H groups in total. The lowest BCUT2D eigenvalue weighted by molar-refractivity contribution is 0.240. The molecule has 2 aliphatic rings. The van der Waals surface area contributed by atoms with E-state index in [2.05, 4.69) is 20.1 Å². The van der Waals surface area contributed by atoms with Crippen LogP contribution in [0.4, 0.5) is 0 Å². The minimum atomic E-state index is 0.0530. The number of aromatic amines is 2. The lowest BCUT2D eigenvalue weighted by atomic mass is 10.1. The summed E-state index contributed by atoms with van der Waals surface area (Å²) in [5, 5.41) is 7.28. The van der Waals surface area contributed by atoms with Gasteiger partial charge in [-0.05, 0) is 26.7 Å². The predicted octanol–water partition coefficient (Wildman–Crippen LogP) is 1.55. The third-order valence-electron chi connectivity index (χ3n) is 4.79. The largest absolute Gasteiger partial charge is 0.310 e. The van der Waals surface area contributed by atoms with Crippen molar-refractivity contribution >= 4 is 0 Å². The molecule has 0 atom stereocenters. The van der Waals surface area contributed by atoms with Crippen molar-refractivity contribution in [2.75, 3.05) is 6.54 Å². The Morgan fingerprint density at radius 3 is 2.82 bits per heavy atom. The smallest absolute Gasteiger partial charge is 0.255 e. The van der Waals surface area contributed by atoms with Gasteiger partial charge in [-0.2, -0.15) is 5.10 Å². The third-order valence-corrected chi connectivity index (χ3v) is 4.79. The maximum atomic E-state index is 12.4. The van der Waals surface area contributed by atoms with Crippen LogP contribution in [0.5, 0.6) is 0 Å². The Morgan fingerprint density at radius 2 is 2.14 bits per heavy atom. The Balaban J connectivity index is 1.58. The normalized spacial score (nSPS) is 18.5. The minimum Gasteiger partial charge on any atom is -0.310 e. The van der Waals surface area contributed by atoms with Crippen LogP contribution in [0.15, 0.2) is 4.79 Å². The van der Waals surface area contributed by atoms with Gasteiger partial charge >= 0.3 is 0 Å². The summed E-state index contributed by atoms with van der Waals surface area (Å²) in [5.41, 5.74) is 5.29. The number of rotatable bonds is 3. The topological polar surface area (TPSA) is 77.7 Å². The molecule has 22 heavy (non-hydrogen) atoms. The van der Waals surface area contributed by atoms with E-state index >= 15 is 0 Å². The summed E-state index contributed by atoms with van der Waals surface area (Å²) in [6, 6.07) is 0. The number of nitrogens with zero attached hydrogens (tertiary/aromatic N) is 3. The molecule has 0 spiro atoms. The van der Waals surface area contributed by atoms with Crippen molar-refractivity contribution in [2.24, 2.45) is 0 Å². The summed E-state index contributed by atoms with van der Waals surface area (Å²) < 4.78 is 0. The molecule has 2 aromatic rings. The summed E-state index contributed by atoms with van der Waals surface area (Å²) in [5.74, 6) is 1.39. The molecule has 6 nitrogen and oxygen atoms in total. The Morgan fingerprint density at radius 1 is 1.32 bits per heavy atom. The molecule has 1 saturated carbocycles. The standard InChI is InChI=1S/C16H21N5O/c1-9-12(10(2)20-19-9)7-21-6-5-14-13(8-21)16(22)18-15(17-14)11-3-4-11/h11H,3-8H2,1-2H3,(H,19,20)(H,17,18,22). The molecule has 0 unspecified atom stereocenters. The first-order chi connectivity index (χ1) is 10.6. The Hall–Kier alpha value is -1.95. The summed E-state index contributed by atoms with van der Waals surface area (Å²) in [4.78, 5) is 22.4. The highest BCUT2D eigenvalue weighted by Crippen LogP contribution is 2.37. The van der Waals surface area contributed by atoms with Crippen molar-refractivity contribution in [1.29, 1.82) is 0 Å². The van der Waals surface area contributed by atoms with Crippen LogP contribution in [-0.4, -0.2) is 31.6 Å². The van der Waals surface area contributed by atoms with Gasteiger partial charge in [-0.25, -0.2) is 4.98 Å². The zero-order valence-electron chi connectivity index (χ0n) is 13.1.